The van der Waals surface area contributed by atoms with Crippen molar-refractivity contribution in [1.82, 2.24) is 14.8 Å². The monoisotopic (exact) mass is 894 g/mol. The van der Waals surface area contributed by atoms with Gasteiger partial charge in [0.15, 0.2) is 28.4 Å². The Morgan fingerprint density at radius 3 is 2.18 bits per heavy atom. The van der Waals surface area contributed by atoms with Crippen molar-refractivity contribution in [3.05, 3.63) is 59.7 Å². The lowest BCUT2D eigenvalue weighted by Gasteiger charge is -2.30. The van der Waals surface area contributed by atoms with Crippen molar-refractivity contribution < 1.29 is 59.9 Å². The van der Waals surface area contributed by atoms with Crippen molar-refractivity contribution in [2.75, 3.05) is 88.5 Å². The second-order valence-corrected chi connectivity index (χ2v) is 19.8. The molecule has 0 spiro atoms. The maximum Gasteiger partial charge on any atom is 0.338 e. The predicted molar refractivity (Wildman–Crippen MR) is 225 cm³/mol. The van der Waals surface area contributed by atoms with Crippen molar-refractivity contribution in [3.63, 3.8) is 0 Å². The molecule has 4 aliphatic heterocycles. The Hall–Kier alpha value is -4.50. The normalized spacial score (nSPS) is 20.9. The molecule has 2 aromatic rings. The Morgan fingerprint density at radius 1 is 0.967 bits per heavy atom. The van der Waals surface area contributed by atoms with Gasteiger partial charge in [-0.05, 0) is 50.4 Å². The minimum Gasteiger partial charge on any atom is -0.493 e. The lowest BCUT2D eigenvalue weighted by Crippen LogP contribution is -2.50. The van der Waals surface area contributed by atoms with Gasteiger partial charge in [0.05, 0.1) is 80.9 Å². The molecule has 0 bridgehead atoms. The number of carbonyl (C=O) groups is 3. The topological polar surface area (TPSA) is 240 Å². The van der Waals surface area contributed by atoms with E-state index >= 15 is 0 Å². The Balaban J connectivity index is 1.18. The van der Waals surface area contributed by atoms with Gasteiger partial charge in [-0.3, -0.25) is 28.6 Å². The standard InChI is InChI=1S/C38H51N6O13PS2/c1-6-57-58(48,11-9-55-33-18-28-26(16-31(33)53-4)36(45)42-21-24(3)15-30(42)35(40-28)60(50,51)52)12-10-56-34-19-29-27(17-32(34)54-5)37(46)41-20-23(2)14-25(41)22-43(29)38(47)44(39)8-7-13-59-49/h16-19,25,30,35,40,49H,2-3,6-15,20-22,39H2,1,4-5H3,(H,50,51,52)/t25-,30-,35?,58?/m0/s1. The van der Waals surface area contributed by atoms with E-state index in [-0.39, 0.29) is 116 Å². The van der Waals surface area contributed by atoms with Crippen LogP contribution in [0.2, 0.25) is 0 Å². The summed E-state index contributed by atoms with van der Waals surface area (Å²) in [5.74, 6) is 6.43. The molecule has 22 heteroatoms. The summed E-state index contributed by atoms with van der Waals surface area (Å²) in [7, 11) is -5.33. The maximum atomic E-state index is 14.1. The van der Waals surface area contributed by atoms with Crippen LogP contribution in [0.4, 0.5) is 16.2 Å². The van der Waals surface area contributed by atoms with Crippen LogP contribution in [0.3, 0.4) is 0 Å². The Morgan fingerprint density at radius 2 is 1.57 bits per heavy atom. The van der Waals surface area contributed by atoms with Gasteiger partial charge in [-0.25, -0.2) is 10.6 Å². The number of anilines is 2. The van der Waals surface area contributed by atoms with Gasteiger partial charge in [-0.15, -0.1) is 0 Å². The van der Waals surface area contributed by atoms with Crippen LogP contribution in [0.15, 0.2) is 48.6 Å². The number of urea groups is 1. The molecule has 0 radical (unpaired) electrons. The van der Waals surface area contributed by atoms with Gasteiger partial charge >= 0.3 is 6.03 Å². The molecule has 0 saturated carbocycles. The SMILES string of the molecule is C=C1C[C@H]2CN(C(=O)N(N)CCCSO)c3cc(OCCP(=O)(CCOc4cc5c(cc4OC)C(=O)N4CC(=C)C[C@H]4C(S(=O)(=O)O)N5)OCC)c(OC)cc3C(=O)N2C1. The van der Waals surface area contributed by atoms with E-state index in [9.17, 15) is 31.9 Å². The van der Waals surface area contributed by atoms with Gasteiger partial charge in [-0.2, -0.15) is 8.42 Å². The number of ether oxygens (including phenoxy) is 4. The molecule has 4 amide bonds. The average Bonchev–Trinajstić information content (AvgIpc) is 3.72. The van der Waals surface area contributed by atoms with Crippen molar-refractivity contribution in [1.29, 1.82) is 0 Å². The van der Waals surface area contributed by atoms with E-state index in [1.54, 1.807) is 11.8 Å². The first-order valence-corrected chi connectivity index (χ1v) is 23.7. The van der Waals surface area contributed by atoms with Gasteiger partial charge in [0.2, 0.25) is 7.37 Å². The molecular formula is C38H51N6O13PS2. The molecule has 60 heavy (non-hydrogen) atoms. The molecule has 4 heterocycles. The van der Waals surface area contributed by atoms with E-state index < -0.39 is 40.8 Å². The molecule has 4 aliphatic rings. The summed E-state index contributed by atoms with van der Waals surface area (Å²) >= 11 is 0.648. The van der Waals surface area contributed by atoms with Gasteiger partial charge in [0.1, 0.15) is 0 Å². The highest BCUT2D eigenvalue weighted by Crippen LogP contribution is 2.48. The largest absolute Gasteiger partial charge is 0.493 e. The third kappa shape index (κ3) is 9.51. The maximum absolute atomic E-state index is 14.1. The molecule has 0 aromatic heterocycles. The summed E-state index contributed by atoms with van der Waals surface area (Å²) in [6.45, 7) is 10.3. The molecule has 6 rings (SSSR count). The quantitative estimate of drug-likeness (QED) is 0.0252. The fourth-order valence-corrected chi connectivity index (χ4v) is 10.7. The minimum absolute atomic E-state index is 0.0701. The van der Waals surface area contributed by atoms with Crippen LogP contribution >= 0.6 is 19.4 Å². The summed E-state index contributed by atoms with van der Waals surface area (Å²) < 4.78 is 87.4. The zero-order valence-electron chi connectivity index (χ0n) is 33.7. The van der Waals surface area contributed by atoms with Crippen molar-refractivity contribution in [2.45, 2.75) is 43.6 Å². The van der Waals surface area contributed by atoms with Crippen LogP contribution in [0.1, 0.15) is 46.9 Å². The molecule has 2 fully saturated rings. The number of methoxy groups -OCH3 is 2. The Kier molecular flexibility index (Phi) is 14.0. The number of amides is 4. The minimum atomic E-state index is -4.67. The average molecular weight is 895 g/mol. The zero-order chi connectivity index (χ0) is 43.5. The lowest BCUT2D eigenvalue weighted by atomic mass is 10.1. The van der Waals surface area contributed by atoms with Crippen molar-refractivity contribution >= 4 is 58.7 Å². The van der Waals surface area contributed by atoms with Crippen molar-refractivity contribution in [2.24, 2.45) is 5.84 Å². The summed E-state index contributed by atoms with van der Waals surface area (Å²) in [5.41, 5.74) is 2.17. The molecule has 19 nitrogen and oxygen atoms in total. The fourth-order valence-electron chi connectivity index (χ4n) is 7.88. The van der Waals surface area contributed by atoms with Crippen molar-refractivity contribution in [3.8, 4) is 23.0 Å². The number of nitrogens with zero attached hydrogens (tertiary/aromatic N) is 4. The third-order valence-electron chi connectivity index (χ3n) is 10.7. The number of hydrogen-bond donors (Lipinski definition) is 4. The lowest BCUT2D eigenvalue weighted by molar-refractivity contribution is 0.0739. The summed E-state index contributed by atoms with van der Waals surface area (Å²) in [6, 6.07) is 4.07. The molecule has 328 valence electrons. The van der Waals surface area contributed by atoms with E-state index in [1.165, 1.54) is 48.3 Å². The number of benzene rings is 2. The van der Waals surface area contributed by atoms with Gasteiger partial charge in [-0.1, -0.05) is 24.3 Å². The molecule has 2 saturated heterocycles. The van der Waals surface area contributed by atoms with Crippen LogP contribution in [0.25, 0.3) is 0 Å². The number of hydrazine groups is 1. The second kappa shape index (κ2) is 18.6. The van der Waals surface area contributed by atoms with Crippen LogP contribution in [-0.4, -0.2) is 146 Å². The van der Waals surface area contributed by atoms with E-state index in [1.807, 2.05) is 0 Å². The Labute approximate surface area is 353 Å². The molecule has 0 aliphatic carbocycles. The highest BCUT2D eigenvalue weighted by molar-refractivity contribution is 7.93. The first-order valence-electron chi connectivity index (χ1n) is 19.2. The third-order valence-corrected chi connectivity index (χ3v) is 14.7. The molecule has 4 atom stereocenters. The number of nitrogens with one attached hydrogen (secondary N) is 1. The van der Waals surface area contributed by atoms with E-state index in [0.717, 1.165) is 10.6 Å². The predicted octanol–water partition coefficient (Wildman–Crippen LogP) is 4.37. The number of carbonyl (C=O) groups excluding carboxylic acids is 3. The summed E-state index contributed by atoms with van der Waals surface area (Å²) in [5, 5.41) is 2.32. The van der Waals surface area contributed by atoms with Crippen LogP contribution in [-0.2, 0) is 19.2 Å². The smallest absolute Gasteiger partial charge is 0.338 e. The number of nitrogens with two attached hydrogens (primary N) is 1. The van der Waals surface area contributed by atoms with Crippen LogP contribution in [0.5, 0.6) is 23.0 Å². The van der Waals surface area contributed by atoms with Crippen LogP contribution in [0, 0.1) is 0 Å². The highest BCUT2D eigenvalue weighted by atomic mass is 32.2. The Bertz CT molecular complexity index is 2190. The number of hydrogen-bond acceptors (Lipinski definition) is 15. The van der Waals surface area contributed by atoms with Crippen LogP contribution < -0.4 is 35.0 Å². The summed E-state index contributed by atoms with van der Waals surface area (Å²) in [6.07, 6.45) is 0.973. The molecular weight excluding hydrogens is 844 g/mol. The summed E-state index contributed by atoms with van der Waals surface area (Å²) in [4.78, 5) is 45.8. The number of fused-ring (bicyclic) bond motifs is 4. The number of rotatable bonds is 17. The van der Waals surface area contributed by atoms with Gasteiger partial charge in [0, 0.05) is 44.1 Å². The zero-order valence-corrected chi connectivity index (χ0v) is 36.2. The van der Waals surface area contributed by atoms with Gasteiger partial charge in [0.25, 0.3) is 21.9 Å². The van der Waals surface area contributed by atoms with E-state index in [0.29, 0.717) is 42.8 Å². The highest BCUT2D eigenvalue weighted by Gasteiger charge is 2.46. The van der Waals surface area contributed by atoms with E-state index in [2.05, 4.69) is 18.5 Å². The van der Waals surface area contributed by atoms with Gasteiger partial charge < -0.3 is 43.1 Å². The molecule has 5 N–H and O–H groups in total. The fraction of sp³-hybridized carbons (Fsp3) is 0.500. The molecule has 2 unspecified atom stereocenters. The molecule has 2 aromatic carbocycles. The second-order valence-electron chi connectivity index (χ2n) is 14.8. The first kappa shape index (κ1) is 45.0. The first-order chi connectivity index (χ1) is 28.5. The van der Waals surface area contributed by atoms with E-state index in [4.69, 9.17) is 33.9 Å².